The molecule has 2 N–H and O–H groups in total. The van der Waals surface area contributed by atoms with E-state index >= 15 is 0 Å². The van der Waals surface area contributed by atoms with Gasteiger partial charge in [0.2, 0.25) is 0 Å². The molecule has 0 aliphatic carbocycles. The molecule has 0 aliphatic rings. The van der Waals surface area contributed by atoms with Crippen LogP contribution in [0, 0.1) is 0 Å². The second kappa shape index (κ2) is 9.64. The molecule has 6 nitrogen and oxygen atoms in total. The quantitative estimate of drug-likeness (QED) is 0.336. The average molecular weight is 408 g/mol. The summed E-state index contributed by atoms with van der Waals surface area (Å²) in [5.41, 5.74) is -0.468. The third-order valence-electron chi connectivity index (χ3n) is 2.37. The largest absolute Gasteiger partial charge is 0.459 e. The van der Waals surface area contributed by atoms with Gasteiger partial charge in [0.25, 0.3) is 0 Å². The van der Waals surface area contributed by atoms with Crippen LogP contribution in [-0.4, -0.2) is 42.2 Å². The fourth-order valence-corrected chi connectivity index (χ4v) is 1.58. The zero-order valence-corrected chi connectivity index (χ0v) is 15.4. The van der Waals surface area contributed by atoms with Gasteiger partial charge in [-0.2, -0.15) is 0 Å². The van der Waals surface area contributed by atoms with Crippen LogP contribution in [0.1, 0.15) is 20.8 Å². The number of aromatic nitrogens is 1. The first-order chi connectivity index (χ1) is 9.40. The van der Waals surface area contributed by atoms with Crippen molar-refractivity contribution >= 4 is 35.9 Å². The highest BCUT2D eigenvalue weighted by molar-refractivity contribution is 14.0. The molecule has 1 aromatic heterocycles. The van der Waals surface area contributed by atoms with E-state index in [9.17, 15) is 4.79 Å². The Balaban J connectivity index is 0.00000400. The Labute approximate surface area is 143 Å². The monoisotopic (exact) mass is 408 g/mol. The third kappa shape index (κ3) is 9.33. The van der Waals surface area contributed by atoms with Gasteiger partial charge in [0, 0.05) is 32.5 Å². The minimum absolute atomic E-state index is 0. The molecule has 0 unspecified atom stereocenters. The molecule has 0 aromatic carbocycles. The second-order valence-electron chi connectivity index (χ2n) is 5.36. The van der Waals surface area contributed by atoms with Crippen LogP contribution in [0.3, 0.4) is 0 Å². The van der Waals surface area contributed by atoms with Gasteiger partial charge >= 0.3 is 5.97 Å². The molecule has 1 aromatic rings. The molecule has 0 spiro atoms. The van der Waals surface area contributed by atoms with E-state index in [1.807, 2.05) is 45.3 Å². The van der Waals surface area contributed by atoms with E-state index < -0.39 is 5.60 Å². The number of ether oxygens (including phenoxy) is 1. The summed E-state index contributed by atoms with van der Waals surface area (Å²) in [5, 5.41) is 6.06. The molecule has 0 saturated carbocycles. The summed E-state index contributed by atoms with van der Waals surface area (Å²) < 4.78 is 7.27. The van der Waals surface area contributed by atoms with Crippen LogP contribution in [0.25, 0.3) is 0 Å². The topological polar surface area (TPSA) is 67.7 Å². The summed E-state index contributed by atoms with van der Waals surface area (Å²) in [6.45, 7) is 7.18. The lowest BCUT2D eigenvalue weighted by Crippen LogP contribution is -2.42. The van der Waals surface area contributed by atoms with Gasteiger partial charge in [0.15, 0.2) is 5.96 Å². The molecular weight excluding hydrogens is 383 g/mol. The first-order valence-electron chi connectivity index (χ1n) is 6.68. The van der Waals surface area contributed by atoms with Gasteiger partial charge in [0.05, 0.1) is 0 Å². The van der Waals surface area contributed by atoms with Crippen molar-refractivity contribution in [2.24, 2.45) is 4.99 Å². The van der Waals surface area contributed by atoms with Crippen molar-refractivity contribution < 1.29 is 9.53 Å². The van der Waals surface area contributed by atoms with Crippen molar-refractivity contribution in [2.75, 3.05) is 20.1 Å². The van der Waals surface area contributed by atoms with Crippen LogP contribution in [-0.2, 0) is 16.1 Å². The first kappa shape index (κ1) is 19.8. The predicted molar refractivity (Wildman–Crippen MR) is 95.1 cm³/mol. The average Bonchev–Trinajstić information content (AvgIpc) is 2.84. The van der Waals surface area contributed by atoms with Crippen LogP contribution in [0.2, 0.25) is 0 Å². The molecule has 0 fully saturated rings. The molecule has 0 bridgehead atoms. The number of nitrogens with one attached hydrogen (secondary N) is 2. The summed E-state index contributed by atoms with van der Waals surface area (Å²) in [6.07, 6.45) is 4.00. The molecule has 7 heteroatoms. The fraction of sp³-hybridized carbons (Fsp3) is 0.571. The number of rotatable bonds is 5. The highest BCUT2D eigenvalue weighted by Gasteiger charge is 2.16. The van der Waals surface area contributed by atoms with Crippen molar-refractivity contribution in [3.63, 3.8) is 0 Å². The number of nitrogens with zero attached hydrogens (tertiary/aromatic N) is 2. The van der Waals surface area contributed by atoms with Crippen LogP contribution < -0.4 is 10.6 Å². The molecule has 0 saturated heterocycles. The van der Waals surface area contributed by atoms with Crippen molar-refractivity contribution in [1.29, 1.82) is 0 Å². The third-order valence-corrected chi connectivity index (χ3v) is 2.37. The Kier molecular flexibility index (Phi) is 9.07. The Morgan fingerprint density at radius 2 is 1.86 bits per heavy atom. The standard InChI is InChI=1S/C14H24N4O2.HI/c1-14(2,3)20-12(19)11-17-13(15-4)16-7-10-18-8-5-6-9-18;/h5-6,8-9H,7,10-11H2,1-4H3,(H2,15,16,17);1H. The van der Waals surface area contributed by atoms with Crippen LogP contribution in [0.4, 0.5) is 0 Å². The van der Waals surface area contributed by atoms with E-state index in [-0.39, 0.29) is 36.5 Å². The van der Waals surface area contributed by atoms with E-state index in [0.717, 1.165) is 13.1 Å². The normalized spacial score (nSPS) is 11.5. The number of aliphatic imine (C=N–C) groups is 1. The van der Waals surface area contributed by atoms with Gasteiger partial charge in [-0.25, -0.2) is 0 Å². The number of hydrogen-bond donors (Lipinski definition) is 2. The maximum Gasteiger partial charge on any atom is 0.325 e. The smallest absolute Gasteiger partial charge is 0.325 e. The van der Waals surface area contributed by atoms with E-state index in [1.165, 1.54) is 0 Å². The fourth-order valence-electron chi connectivity index (χ4n) is 1.58. The Bertz CT molecular complexity index is 438. The molecule has 0 radical (unpaired) electrons. The molecule has 120 valence electrons. The zero-order valence-electron chi connectivity index (χ0n) is 13.0. The van der Waals surface area contributed by atoms with Crippen LogP contribution in [0.5, 0.6) is 0 Å². The van der Waals surface area contributed by atoms with Gasteiger partial charge in [-0.1, -0.05) is 0 Å². The maximum atomic E-state index is 11.6. The lowest BCUT2D eigenvalue weighted by atomic mass is 10.2. The molecule has 0 amide bonds. The number of guanidine groups is 1. The van der Waals surface area contributed by atoms with Gasteiger partial charge in [0.1, 0.15) is 12.1 Å². The number of carbonyl (C=O) groups excluding carboxylic acids is 1. The number of carbonyl (C=O) groups is 1. The maximum absolute atomic E-state index is 11.6. The van der Waals surface area contributed by atoms with Crippen molar-refractivity contribution in [3.05, 3.63) is 24.5 Å². The van der Waals surface area contributed by atoms with Crippen molar-refractivity contribution in [3.8, 4) is 0 Å². The molecule has 0 atom stereocenters. The van der Waals surface area contributed by atoms with Crippen molar-refractivity contribution in [2.45, 2.75) is 32.9 Å². The predicted octanol–water partition coefficient (Wildman–Crippen LogP) is 1.61. The van der Waals surface area contributed by atoms with E-state index in [0.29, 0.717) is 5.96 Å². The van der Waals surface area contributed by atoms with Gasteiger partial charge in [-0.05, 0) is 32.9 Å². The summed E-state index contributed by atoms with van der Waals surface area (Å²) in [5.74, 6) is 0.286. The highest BCUT2D eigenvalue weighted by Crippen LogP contribution is 2.05. The van der Waals surface area contributed by atoms with Crippen molar-refractivity contribution in [1.82, 2.24) is 15.2 Å². The Morgan fingerprint density at radius 1 is 1.24 bits per heavy atom. The Hall–Kier alpha value is -1.25. The number of esters is 1. The lowest BCUT2D eigenvalue weighted by molar-refractivity contribution is -0.153. The minimum atomic E-state index is -0.468. The van der Waals surface area contributed by atoms with Gasteiger partial charge < -0.3 is 19.9 Å². The summed E-state index contributed by atoms with van der Waals surface area (Å²) in [7, 11) is 1.67. The number of hydrogen-bond acceptors (Lipinski definition) is 3. The summed E-state index contributed by atoms with van der Waals surface area (Å²) >= 11 is 0. The van der Waals surface area contributed by atoms with Gasteiger partial charge in [-0.3, -0.25) is 9.79 Å². The number of halogens is 1. The molecule has 1 rings (SSSR count). The van der Waals surface area contributed by atoms with E-state index in [2.05, 4.69) is 20.2 Å². The van der Waals surface area contributed by atoms with E-state index in [4.69, 9.17) is 4.74 Å². The van der Waals surface area contributed by atoms with E-state index in [1.54, 1.807) is 7.05 Å². The Morgan fingerprint density at radius 3 is 2.38 bits per heavy atom. The van der Waals surface area contributed by atoms with Gasteiger partial charge in [-0.15, -0.1) is 24.0 Å². The molecule has 1 heterocycles. The molecule has 21 heavy (non-hydrogen) atoms. The lowest BCUT2D eigenvalue weighted by Gasteiger charge is -2.20. The summed E-state index contributed by atoms with van der Waals surface area (Å²) in [6, 6.07) is 3.96. The first-order valence-corrected chi connectivity index (χ1v) is 6.68. The molecular formula is C14H25IN4O2. The molecule has 0 aliphatic heterocycles. The second-order valence-corrected chi connectivity index (χ2v) is 5.36. The summed E-state index contributed by atoms with van der Waals surface area (Å²) in [4.78, 5) is 15.6. The van der Waals surface area contributed by atoms with Crippen LogP contribution >= 0.6 is 24.0 Å². The minimum Gasteiger partial charge on any atom is -0.459 e. The highest BCUT2D eigenvalue weighted by atomic mass is 127. The zero-order chi connectivity index (χ0) is 15.0. The SMILES string of the molecule is CN=C(NCCn1cccc1)NCC(=O)OC(C)(C)C.I. The van der Waals surface area contributed by atoms with Crippen LogP contribution in [0.15, 0.2) is 29.5 Å².